The molecular weight excluding hydrogens is 318 g/mol. The first-order valence-corrected chi connectivity index (χ1v) is 9.54. The minimum absolute atomic E-state index is 0.00461. The number of nitrogens with one attached hydrogen (secondary N) is 2. The average Bonchev–Trinajstić information content (AvgIpc) is 3.09. The van der Waals surface area contributed by atoms with Crippen LogP contribution < -0.4 is 5.32 Å². The number of aromatic nitrogens is 2. The van der Waals surface area contributed by atoms with Crippen molar-refractivity contribution in [1.29, 1.82) is 0 Å². The second kappa shape index (κ2) is 5.45. The average molecular weight is 337 g/mol. The fourth-order valence-electron chi connectivity index (χ4n) is 3.39. The van der Waals surface area contributed by atoms with Gasteiger partial charge in [0, 0.05) is 11.6 Å². The zero-order valence-corrected chi connectivity index (χ0v) is 14.2. The third-order valence-corrected chi connectivity index (χ3v) is 6.10. The molecule has 0 radical (unpaired) electrons. The molecule has 2 fully saturated rings. The minimum atomic E-state index is 0.00461. The highest BCUT2D eigenvalue weighted by molar-refractivity contribution is 7.12. The lowest BCUT2D eigenvalue weighted by molar-refractivity contribution is 0.102. The van der Waals surface area contributed by atoms with E-state index < -0.39 is 0 Å². The van der Waals surface area contributed by atoms with Crippen LogP contribution in [0.4, 0.5) is 5.69 Å². The Bertz CT molecular complexity index is 918. The van der Waals surface area contributed by atoms with Gasteiger partial charge in [-0.25, -0.2) is 4.98 Å². The molecule has 5 heteroatoms. The maximum absolute atomic E-state index is 12.6. The summed E-state index contributed by atoms with van der Waals surface area (Å²) in [4.78, 5) is 21.6. The van der Waals surface area contributed by atoms with E-state index in [0.29, 0.717) is 11.8 Å². The third kappa shape index (κ3) is 2.44. The summed E-state index contributed by atoms with van der Waals surface area (Å²) in [5.74, 6) is 2.28. The van der Waals surface area contributed by atoms with Crippen LogP contribution in [0.3, 0.4) is 0 Å². The number of benzene rings is 1. The molecule has 0 saturated heterocycles. The van der Waals surface area contributed by atoms with Crippen LogP contribution in [0.2, 0.25) is 0 Å². The molecule has 2 aliphatic rings. The van der Waals surface area contributed by atoms with E-state index in [1.807, 2.05) is 23.6 Å². The molecule has 2 saturated carbocycles. The Morgan fingerprint density at radius 1 is 1.17 bits per heavy atom. The third-order valence-electron chi connectivity index (χ3n) is 5.17. The predicted octanol–water partition coefficient (Wildman–Crippen LogP) is 5.02. The zero-order valence-electron chi connectivity index (χ0n) is 13.3. The number of hydrogen-bond donors (Lipinski definition) is 2. The second-order valence-corrected chi connectivity index (χ2v) is 7.83. The van der Waals surface area contributed by atoms with Gasteiger partial charge in [0.2, 0.25) is 0 Å². The molecular formula is C19H19N3OS. The van der Waals surface area contributed by atoms with E-state index in [1.165, 1.54) is 49.0 Å². The first-order valence-electron chi connectivity index (χ1n) is 8.66. The summed E-state index contributed by atoms with van der Waals surface area (Å²) in [5.41, 5.74) is 4.02. The predicted molar refractivity (Wildman–Crippen MR) is 96.9 cm³/mol. The van der Waals surface area contributed by atoms with Gasteiger partial charge >= 0.3 is 0 Å². The van der Waals surface area contributed by atoms with E-state index in [1.54, 1.807) is 0 Å². The summed E-state index contributed by atoms with van der Waals surface area (Å²) in [6.45, 7) is 0. The van der Waals surface area contributed by atoms with Crippen LogP contribution in [0.25, 0.3) is 11.0 Å². The molecule has 3 aromatic rings. The van der Waals surface area contributed by atoms with Gasteiger partial charge in [-0.1, -0.05) is 6.42 Å². The van der Waals surface area contributed by atoms with Crippen molar-refractivity contribution in [1.82, 2.24) is 9.97 Å². The molecule has 122 valence electrons. The van der Waals surface area contributed by atoms with Crippen LogP contribution in [-0.4, -0.2) is 15.9 Å². The van der Waals surface area contributed by atoms with E-state index in [-0.39, 0.29) is 5.91 Å². The van der Waals surface area contributed by atoms with E-state index in [4.69, 9.17) is 0 Å². The number of aromatic amines is 1. The van der Waals surface area contributed by atoms with Crippen molar-refractivity contribution in [3.63, 3.8) is 0 Å². The number of nitrogens with zero attached hydrogens (tertiary/aromatic N) is 1. The Morgan fingerprint density at radius 3 is 2.79 bits per heavy atom. The Morgan fingerprint density at radius 2 is 2.04 bits per heavy atom. The van der Waals surface area contributed by atoms with Crippen LogP contribution in [-0.2, 0) is 0 Å². The Kier molecular flexibility index (Phi) is 3.23. The van der Waals surface area contributed by atoms with Crippen molar-refractivity contribution in [3.8, 4) is 0 Å². The van der Waals surface area contributed by atoms with Crippen molar-refractivity contribution in [2.24, 2.45) is 0 Å². The van der Waals surface area contributed by atoms with Gasteiger partial charge in [0.1, 0.15) is 5.82 Å². The topological polar surface area (TPSA) is 57.8 Å². The lowest BCUT2D eigenvalue weighted by atomic mass is 9.85. The molecule has 0 aliphatic heterocycles. The van der Waals surface area contributed by atoms with Crippen LogP contribution in [0.5, 0.6) is 0 Å². The maximum Gasteiger partial charge on any atom is 0.266 e. The van der Waals surface area contributed by atoms with Gasteiger partial charge in [-0.05, 0) is 66.8 Å². The largest absolute Gasteiger partial charge is 0.342 e. The maximum atomic E-state index is 12.6. The molecule has 2 N–H and O–H groups in total. The lowest BCUT2D eigenvalue weighted by Gasteiger charge is -2.22. The normalized spacial score (nSPS) is 17.8. The number of imidazole rings is 1. The highest BCUT2D eigenvalue weighted by atomic mass is 32.1. The van der Waals surface area contributed by atoms with Crippen LogP contribution in [0.1, 0.15) is 65.0 Å². The molecule has 2 aromatic heterocycles. The van der Waals surface area contributed by atoms with Crippen LogP contribution >= 0.6 is 11.3 Å². The smallest absolute Gasteiger partial charge is 0.266 e. The summed E-state index contributed by atoms with van der Waals surface area (Å²) >= 11 is 1.54. The van der Waals surface area contributed by atoms with Gasteiger partial charge in [0.15, 0.2) is 0 Å². The van der Waals surface area contributed by atoms with Gasteiger partial charge in [-0.15, -0.1) is 11.3 Å². The number of carbonyl (C=O) groups excluding carboxylic acids is 1. The van der Waals surface area contributed by atoms with Gasteiger partial charge in [-0.2, -0.15) is 0 Å². The number of H-pyrrole nitrogens is 1. The number of carbonyl (C=O) groups is 1. The lowest BCUT2D eigenvalue weighted by Crippen LogP contribution is -2.11. The Balaban J connectivity index is 1.39. The molecule has 0 atom stereocenters. The SMILES string of the molecule is O=C(Nc1ccc2nc(C3CCC3)[nH]c2c1)c1sccc1C1CC1. The quantitative estimate of drug-likeness (QED) is 0.702. The van der Waals surface area contributed by atoms with E-state index in [9.17, 15) is 4.79 Å². The van der Waals surface area contributed by atoms with Crippen molar-refractivity contribution in [2.75, 3.05) is 5.32 Å². The van der Waals surface area contributed by atoms with E-state index in [2.05, 4.69) is 21.4 Å². The first kappa shape index (κ1) is 14.2. The number of rotatable bonds is 4. The Labute approximate surface area is 144 Å². The molecule has 4 nitrogen and oxygen atoms in total. The van der Waals surface area contributed by atoms with Gasteiger partial charge in [0.05, 0.1) is 15.9 Å². The fraction of sp³-hybridized carbons (Fsp3) is 0.368. The monoisotopic (exact) mass is 337 g/mol. The molecule has 24 heavy (non-hydrogen) atoms. The standard InChI is InChI=1S/C19H19N3OS/c23-19(17-14(8-9-24-17)11-4-5-11)20-13-6-7-15-16(10-13)22-18(21-15)12-2-1-3-12/h6-12H,1-5H2,(H,20,23)(H,21,22). The minimum Gasteiger partial charge on any atom is -0.342 e. The summed E-state index contributed by atoms with van der Waals surface area (Å²) in [7, 11) is 0. The van der Waals surface area contributed by atoms with Gasteiger partial charge < -0.3 is 10.3 Å². The fourth-order valence-corrected chi connectivity index (χ4v) is 4.27. The Hall–Kier alpha value is -2.14. The summed E-state index contributed by atoms with van der Waals surface area (Å²) in [6, 6.07) is 8.02. The molecule has 2 heterocycles. The molecule has 1 amide bonds. The van der Waals surface area contributed by atoms with E-state index >= 15 is 0 Å². The summed E-state index contributed by atoms with van der Waals surface area (Å²) < 4.78 is 0. The number of hydrogen-bond acceptors (Lipinski definition) is 3. The van der Waals surface area contributed by atoms with Crippen molar-refractivity contribution in [2.45, 2.75) is 43.9 Å². The number of thiophene rings is 1. The highest BCUT2D eigenvalue weighted by Gasteiger charge is 2.29. The highest BCUT2D eigenvalue weighted by Crippen LogP contribution is 2.43. The van der Waals surface area contributed by atoms with Crippen LogP contribution in [0, 0.1) is 0 Å². The zero-order chi connectivity index (χ0) is 16.1. The van der Waals surface area contributed by atoms with Crippen LogP contribution in [0.15, 0.2) is 29.6 Å². The molecule has 5 rings (SSSR count). The van der Waals surface area contributed by atoms with Crippen molar-refractivity contribution < 1.29 is 4.79 Å². The number of amides is 1. The second-order valence-electron chi connectivity index (χ2n) is 6.92. The van der Waals surface area contributed by atoms with Crippen molar-refractivity contribution in [3.05, 3.63) is 45.9 Å². The molecule has 0 spiro atoms. The molecule has 0 unspecified atom stereocenters. The molecule has 2 aliphatic carbocycles. The summed E-state index contributed by atoms with van der Waals surface area (Å²) in [6.07, 6.45) is 6.17. The number of fused-ring (bicyclic) bond motifs is 1. The summed E-state index contributed by atoms with van der Waals surface area (Å²) in [5, 5.41) is 5.07. The van der Waals surface area contributed by atoms with Crippen molar-refractivity contribution >= 4 is 34.0 Å². The van der Waals surface area contributed by atoms with Gasteiger partial charge in [-0.3, -0.25) is 4.79 Å². The first-order chi connectivity index (χ1) is 11.8. The van der Waals surface area contributed by atoms with E-state index in [0.717, 1.165) is 27.4 Å². The molecule has 0 bridgehead atoms. The number of anilines is 1. The van der Waals surface area contributed by atoms with Gasteiger partial charge in [0.25, 0.3) is 5.91 Å². The molecule has 1 aromatic carbocycles.